The smallest absolute Gasteiger partial charge is 0.416 e. The highest BCUT2D eigenvalue weighted by Gasteiger charge is 2.31. The van der Waals surface area contributed by atoms with E-state index in [0.29, 0.717) is 16.9 Å². The van der Waals surface area contributed by atoms with Gasteiger partial charge >= 0.3 is 6.18 Å². The van der Waals surface area contributed by atoms with Gasteiger partial charge in [-0.25, -0.2) is 8.42 Å². The van der Waals surface area contributed by atoms with E-state index in [4.69, 9.17) is 9.84 Å². The lowest BCUT2D eigenvalue weighted by atomic mass is 10.2. The van der Waals surface area contributed by atoms with E-state index in [1.807, 2.05) is 0 Å². The fourth-order valence-corrected chi connectivity index (χ4v) is 3.94. The second kappa shape index (κ2) is 8.75. The van der Waals surface area contributed by atoms with Crippen molar-refractivity contribution in [2.75, 3.05) is 12.9 Å². The molecule has 11 heteroatoms. The van der Waals surface area contributed by atoms with Gasteiger partial charge in [-0.1, -0.05) is 13.0 Å². The summed E-state index contributed by atoms with van der Waals surface area (Å²) in [6.45, 7) is 3.23. The molecule has 0 aliphatic carbocycles. The van der Waals surface area contributed by atoms with Crippen molar-refractivity contribution in [2.24, 2.45) is 4.99 Å². The molecule has 1 aliphatic heterocycles. The number of aliphatic hydroxyl groups excluding tert-OH is 1. The molecule has 32 heavy (non-hydrogen) atoms. The SMILES string of the molecule is CCS(=O)(=O)c1ccc2c(c1)N=Cc1c(C)nn(-c3cccc(C(F)(F)F)c3)c1O2.CO. The number of hydrogen-bond acceptors (Lipinski definition) is 6. The zero-order valence-electron chi connectivity index (χ0n) is 17.4. The van der Waals surface area contributed by atoms with Crippen LogP contribution in [0.4, 0.5) is 18.9 Å². The number of ether oxygens (including phenoxy) is 1. The predicted molar refractivity (Wildman–Crippen MR) is 113 cm³/mol. The van der Waals surface area contributed by atoms with Crippen molar-refractivity contribution >= 4 is 21.7 Å². The van der Waals surface area contributed by atoms with Crippen molar-refractivity contribution in [3.8, 4) is 17.3 Å². The average molecular weight is 467 g/mol. The Balaban J connectivity index is 0.00000141. The van der Waals surface area contributed by atoms with Crippen LogP contribution in [-0.2, 0) is 16.0 Å². The van der Waals surface area contributed by atoms with Crippen LogP contribution in [0.1, 0.15) is 23.7 Å². The van der Waals surface area contributed by atoms with Crippen LogP contribution in [0, 0.1) is 6.92 Å². The van der Waals surface area contributed by atoms with E-state index in [1.165, 1.54) is 41.2 Å². The molecular weight excluding hydrogens is 447 g/mol. The Kier molecular flexibility index (Phi) is 6.42. The van der Waals surface area contributed by atoms with Gasteiger partial charge in [-0.3, -0.25) is 4.99 Å². The number of aliphatic hydroxyl groups is 1. The van der Waals surface area contributed by atoms with E-state index >= 15 is 0 Å². The maximum Gasteiger partial charge on any atom is 0.416 e. The molecule has 2 aromatic carbocycles. The van der Waals surface area contributed by atoms with Gasteiger partial charge in [-0.2, -0.15) is 23.0 Å². The number of aryl methyl sites for hydroxylation is 1. The molecule has 7 nitrogen and oxygen atoms in total. The van der Waals surface area contributed by atoms with Gasteiger partial charge in [-0.05, 0) is 43.3 Å². The van der Waals surface area contributed by atoms with Gasteiger partial charge in [0.05, 0.1) is 33.2 Å². The number of alkyl halides is 3. The molecule has 0 bridgehead atoms. The van der Waals surface area contributed by atoms with E-state index in [2.05, 4.69) is 10.1 Å². The molecule has 0 spiro atoms. The number of rotatable bonds is 3. The lowest BCUT2D eigenvalue weighted by molar-refractivity contribution is -0.137. The molecule has 1 aliphatic rings. The summed E-state index contributed by atoms with van der Waals surface area (Å²) in [5, 5.41) is 11.3. The maximum absolute atomic E-state index is 13.1. The first-order chi connectivity index (χ1) is 15.1. The highest BCUT2D eigenvalue weighted by Crippen LogP contribution is 2.40. The molecule has 0 fully saturated rings. The van der Waals surface area contributed by atoms with Gasteiger partial charge in [0.1, 0.15) is 5.69 Å². The first-order valence-corrected chi connectivity index (χ1v) is 11.1. The Bertz CT molecular complexity index is 1280. The minimum absolute atomic E-state index is 0.0554. The quantitative estimate of drug-likeness (QED) is 0.480. The van der Waals surface area contributed by atoms with Crippen LogP contribution in [-0.4, -0.2) is 42.4 Å². The first kappa shape index (κ1) is 23.5. The first-order valence-electron chi connectivity index (χ1n) is 9.41. The highest BCUT2D eigenvalue weighted by atomic mass is 32.2. The second-order valence-electron chi connectivity index (χ2n) is 6.66. The lowest BCUT2D eigenvalue weighted by Crippen LogP contribution is -2.07. The molecule has 0 radical (unpaired) electrons. The van der Waals surface area contributed by atoms with Crippen molar-refractivity contribution < 1.29 is 31.4 Å². The molecule has 2 heterocycles. The van der Waals surface area contributed by atoms with Crippen molar-refractivity contribution in [3.63, 3.8) is 0 Å². The summed E-state index contributed by atoms with van der Waals surface area (Å²) in [5.41, 5.74) is 0.662. The summed E-state index contributed by atoms with van der Waals surface area (Å²) in [6, 6.07) is 9.04. The van der Waals surface area contributed by atoms with E-state index in [9.17, 15) is 21.6 Å². The Morgan fingerprint density at radius 3 is 2.50 bits per heavy atom. The number of nitrogens with zero attached hydrogens (tertiary/aromatic N) is 3. The Hall–Kier alpha value is -3.18. The van der Waals surface area contributed by atoms with Crippen LogP contribution < -0.4 is 4.74 Å². The third-order valence-corrected chi connectivity index (χ3v) is 6.42. The van der Waals surface area contributed by atoms with Crippen LogP contribution in [0.5, 0.6) is 11.6 Å². The average Bonchev–Trinajstić information content (AvgIpc) is 2.96. The molecule has 0 saturated heterocycles. The zero-order valence-corrected chi connectivity index (χ0v) is 18.2. The molecule has 170 valence electrons. The molecule has 4 rings (SSSR count). The minimum Gasteiger partial charge on any atom is -0.436 e. The molecule has 0 unspecified atom stereocenters. The number of hydrogen-bond donors (Lipinski definition) is 1. The van der Waals surface area contributed by atoms with Gasteiger partial charge in [0.25, 0.3) is 0 Å². The Morgan fingerprint density at radius 2 is 1.84 bits per heavy atom. The van der Waals surface area contributed by atoms with E-state index in [-0.39, 0.29) is 28.0 Å². The van der Waals surface area contributed by atoms with Crippen LogP contribution in [0.15, 0.2) is 52.4 Å². The van der Waals surface area contributed by atoms with Gasteiger partial charge in [0.2, 0.25) is 5.88 Å². The standard InChI is InChI=1S/C20H16F3N3O3S.CH4O/c1-3-30(27,28)15-7-8-18-17(10-15)24-11-16-12(2)25-26(19(16)29-18)14-6-4-5-13(9-14)20(21,22)23;1-2/h4-11H,3H2,1-2H3;2H,1H3. The van der Waals surface area contributed by atoms with Gasteiger partial charge in [0, 0.05) is 13.3 Å². The normalized spacial score (nSPS) is 12.7. The number of aliphatic imine (C=N–C) groups is 1. The lowest BCUT2D eigenvalue weighted by Gasteiger charge is -2.12. The maximum atomic E-state index is 13.1. The van der Waals surface area contributed by atoms with Gasteiger partial charge < -0.3 is 9.84 Å². The van der Waals surface area contributed by atoms with Crippen LogP contribution in [0.3, 0.4) is 0 Å². The molecule has 0 atom stereocenters. The number of aromatic nitrogens is 2. The number of fused-ring (bicyclic) bond motifs is 2. The van der Waals surface area contributed by atoms with Crippen molar-refractivity contribution in [2.45, 2.75) is 24.9 Å². The summed E-state index contributed by atoms with van der Waals surface area (Å²) in [7, 11) is -2.43. The summed E-state index contributed by atoms with van der Waals surface area (Å²) >= 11 is 0. The summed E-state index contributed by atoms with van der Waals surface area (Å²) in [5.74, 6) is 0.411. The molecular formula is C21H20F3N3O4S. The molecule has 0 amide bonds. The highest BCUT2D eigenvalue weighted by molar-refractivity contribution is 7.91. The number of benzene rings is 2. The van der Waals surface area contributed by atoms with Crippen LogP contribution in [0.25, 0.3) is 5.69 Å². The second-order valence-corrected chi connectivity index (χ2v) is 8.94. The summed E-state index contributed by atoms with van der Waals surface area (Å²) in [4.78, 5) is 4.43. The van der Waals surface area contributed by atoms with Crippen LogP contribution >= 0.6 is 0 Å². The fraction of sp³-hybridized carbons (Fsp3) is 0.238. The largest absolute Gasteiger partial charge is 0.436 e. The summed E-state index contributed by atoms with van der Waals surface area (Å²) in [6.07, 6.45) is -3.03. The van der Waals surface area contributed by atoms with Crippen molar-refractivity contribution in [3.05, 3.63) is 59.3 Å². The topological polar surface area (TPSA) is 93.8 Å². The van der Waals surface area contributed by atoms with Gasteiger partial charge in [0.15, 0.2) is 15.6 Å². The Morgan fingerprint density at radius 1 is 1.12 bits per heavy atom. The minimum atomic E-state index is -4.49. The molecule has 1 aromatic heterocycles. The van der Waals surface area contributed by atoms with Crippen LogP contribution in [0.2, 0.25) is 0 Å². The molecule has 3 aromatic rings. The number of sulfone groups is 1. The van der Waals surface area contributed by atoms with E-state index in [1.54, 1.807) is 13.8 Å². The zero-order chi connectivity index (χ0) is 23.7. The van der Waals surface area contributed by atoms with Gasteiger partial charge in [-0.15, -0.1) is 0 Å². The van der Waals surface area contributed by atoms with E-state index in [0.717, 1.165) is 19.2 Å². The van der Waals surface area contributed by atoms with E-state index < -0.39 is 21.6 Å². The van der Waals surface area contributed by atoms with Crippen molar-refractivity contribution in [1.29, 1.82) is 0 Å². The predicted octanol–water partition coefficient (Wildman–Crippen LogP) is 4.46. The molecule has 0 saturated carbocycles. The summed E-state index contributed by atoms with van der Waals surface area (Å²) < 4.78 is 70.9. The monoisotopic (exact) mass is 467 g/mol. The third kappa shape index (κ3) is 4.39. The molecule has 1 N–H and O–H groups in total. The van der Waals surface area contributed by atoms with Crippen molar-refractivity contribution in [1.82, 2.24) is 9.78 Å². The third-order valence-electron chi connectivity index (χ3n) is 4.69. The number of halogens is 3. The fourth-order valence-electron chi connectivity index (χ4n) is 3.04. The Labute approximate surface area is 182 Å².